The van der Waals surface area contributed by atoms with Gasteiger partial charge in [0.2, 0.25) is 5.91 Å². The molecule has 2 N–H and O–H groups in total. The Hall–Kier alpha value is -4.57. The van der Waals surface area contributed by atoms with Crippen molar-refractivity contribution in [1.82, 2.24) is 35.2 Å². The first-order chi connectivity index (χ1) is 29.9. The number of piperazine rings is 1. The van der Waals surface area contributed by atoms with Crippen molar-refractivity contribution >= 4 is 45.7 Å². The molecule has 3 aromatic heterocycles. The molecule has 4 aromatic rings. The van der Waals surface area contributed by atoms with Crippen molar-refractivity contribution in [1.29, 1.82) is 0 Å². The first-order valence-electron chi connectivity index (χ1n) is 22.7. The number of carbonyl (C=O) groups is 3. The number of cyclic esters (lactones) is 1. The molecule has 2 saturated carbocycles. The zero-order chi connectivity index (χ0) is 43.0. The fourth-order valence-corrected chi connectivity index (χ4v) is 11.2. The number of pyridine rings is 1. The van der Waals surface area contributed by atoms with E-state index < -0.39 is 23.5 Å². The molecule has 2 amide bonds. The Morgan fingerprint density at radius 1 is 1.03 bits per heavy atom. The van der Waals surface area contributed by atoms with E-state index in [2.05, 4.69) is 77.9 Å². The lowest BCUT2D eigenvalue weighted by Crippen LogP contribution is -2.60. The minimum Gasteiger partial charge on any atom is -0.489 e. The fraction of sp³-hybridized carbons (Fsp3) is 0.596. The minimum atomic E-state index is -0.855. The monoisotopic (exact) mass is 864 g/mol. The lowest BCUT2D eigenvalue weighted by molar-refractivity contribution is -0.155. The topological polar surface area (TPSA) is 143 Å². The van der Waals surface area contributed by atoms with Crippen molar-refractivity contribution in [3.63, 3.8) is 0 Å². The Kier molecular flexibility index (Phi) is 10.8. The van der Waals surface area contributed by atoms with Crippen molar-refractivity contribution in [3.05, 3.63) is 46.0 Å². The summed E-state index contributed by atoms with van der Waals surface area (Å²) < 4.78 is 21.1. The van der Waals surface area contributed by atoms with Crippen LogP contribution in [0.3, 0.4) is 0 Å². The number of ether oxygens (including phenoxy) is 3. The molecular weight excluding hydrogens is 805 g/mol. The van der Waals surface area contributed by atoms with E-state index in [0.717, 1.165) is 93.3 Å². The molecule has 4 fully saturated rings. The number of amides is 2. The minimum absolute atomic E-state index is 0.119. The van der Waals surface area contributed by atoms with Crippen molar-refractivity contribution < 1.29 is 28.6 Å². The lowest BCUT2D eigenvalue weighted by Gasteiger charge is -2.36. The maximum absolute atomic E-state index is 14.3. The molecule has 4 aliphatic heterocycles. The van der Waals surface area contributed by atoms with Gasteiger partial charge in [-0.05, 0) is 74.6 Å². The molecule has 1 aromatic carbocycles. The van der Waals surface area contributed by atoms with E-state index in [4.69, 9.17) is 24.2 Å². The predicted octanol–water partition coefficient (Wildman–Crippen LogP) is 5.76. The number of thiazole rings is 1. The summed E-state index contributed by atoms with van der Waals surface area (Å²) in [5, 5.41) is 8.42. The van der Waals surface area contributed by atoms with Gasteiger partial charge in [-0.15, -0.1) is 11.3 Å². The Morgan fingerprint density at radius 2 is 1.82 bits per heavy atom. The quantitative estimate of drug-likeness (QED) is 0.219. The number of rotatable bonds is 7. The van der Waals surface area contributed by atoms with Gasteiger partial charge in [0.1, 0.15) is 24.4 Å². The van der Waals surface area contributed by atoms with Gasteiger partial charge in [0.15, 0.2) is 0 Å². The second kappa shape index (κ2) is 16.2. The molecule has 7 heterocycles. The molecule has 10 rings (SSSR count). The number of hydrogen-bond donors (Lipinski definition) is 2. The molecule has 2 aliphatic carbocycles. The number of esters is 1. The first-order valence-corrected chi connectivity index (χ1v) is 23.6. The number of methoxy groups -OCH3 is 1. The van der Waals surface area contributed by atoms with Crippen LogP contribution in [0.1, 0.15) is 82.7 Å². The average Bonchev–Trinajstić information content (AvgIpc) is 4.14. The van der Waals surface area contributed by atoms with Crippen LogP contribution in [0.25, 0.3) is 33.4 Å². The molecule has 330 valence electrons. The summed E-state index contributed by atoms with van der Waals surface area (Å²) >= 11 is 1.48. The van der Waals surface area contributed by atoms with Crippen LogP contribution in [0.2, 0.25) is 0 Å². The van der Waals surface area contributed by atoms with Gasteiger partial charge in [0.05, 0.1) is 58.7 Å². The van der Waals surface area contributed by atoms with E-state index in [1.54, 1.807) is 7.11 Å². The molecule has 1 unspecified atom stereocenters. The molecule has 14 nitrogen and oxygen atoms in total. The number of nitrogens with one attached hydrogen (secondary N) is 2. The number of hydrogen-bond acceptors (Lipinski definition) is 12. The summed E-state index contributed by atoms with van der Waals surface area (Å²) in [5.74, 6) is 0.373. The fourth-order valence-electron chi connectivity index (χ4n) is 10.3. The Bertz CT molecular complexity index is 2390. The zero-order valence-corrected chi connectivity index (χ0v) is 37.7. The maximum Gasteiger partial charge on any atom is 0.324 e. The van der Waals surface area contributed by atoms with Crippen LogP contribution in [0.5, 0.6) is 5.75 Å². The molecule has 2 saturated heterocycles. The third kappa shape index (κ3) is 7.76. The van der Waals surface area contributed by atoms with Crippen LogP contribution >= 0.6 is 11.3 Å². The van der Waals surface area contributed by atoms with E-state index in [1.165, 1.54) is 29.2 Å². The van der Waals surface area contributed by atoms with Gasteiger partial charge in [-0.25, -0.2) is 10.4 Å². The molecule has 6 atom stereocenters. The van der Waals surface area contributed by atoms with Gasteiger partial charge in [-0.3, -0.25) is 29.3 Å². The number of benzene rings is 1. The largest absolute Gasteiger partial charge is 0.489 e. The predicted molar refractivity (Wildman–Crippen MR) is 238 cm³/mol. The number of anilines is 1. The number of fused-ring (bicyclic) bond motifs is 6. The normalized spacial score (nSPS) is 27.0. The highest BCUT2D eigenvalue weighted by Crippen LogP contribution is 2.48. The molecule has 62 heavy (non-hydrogen) atoms. The Morgan fingerprint density at radius 3 is 2.56 bits per heavy atom. The van der Waals surface area contributed by atoms with Crippen molar-refractivity contribution in [2.24, 2.45) is 23.2 Å². The van der Waals surface area contributed by atoms with E-state index in [-0.39, 0.29) is 48.7 Å². The Balaban J connectivity index is 1.09. The van der Waals surface area contributed by atoms with Crippen LogP contribution in [-0.2, 0) is 43.2 Å². The highest BCUT2D eigenvalue weighted by molar-refractivity contribution is 7.10. The molecule has 6 aliphatic rings. The number of nitrogens with zero attached hydrogens (tertiary/aromatic N) is 6. The Labute approximate surface area is 367 Å². The van der Waals surface area contributed by atoms with Crippen LogP contribution in [0.4, 0.5) is 5.69 Å². The smallest absolute Gasteiger partial charge is 0.324 e. The number of hydrazine groups is 1. The van der Waals surface area contributed by atoms with E-state index in [9.17, 15) is 14.4 Å². The molecular formula is C47H60N8O6S. The average molecular weight is 865 g/mol. The molecule has 0 radical (unpaired) electrons. The number of carbonyl (C=O) groups excluding carboxylic acids is 3. The van der Waals surface area contributed by atoms with Crippen LogP contribution in [0.15, 0.2) is 29.8 Å². The van der Waals surface area contributed by atoms with Crippen molar-refractivity contribution in [2.45, 2.75) is 104 Å². The van der Waals surface area contributed by atoms with Crippen molar-refractivity contribution in [3.8, 4) is 28.3 Å². The summed E-state index contributed by atoms with van der Waals surface area (Å²) in [4.78, 5) is 57.1. The summed E-state index contributed by atoms with van der Waals surface area (Å²) in [6, 6.07) is 5.83. The summed E-state index contributed by atoms with van der Waals surface area (Å²) in [7, 11) is 1.73. The van der Waals surface area contributed by atoms with Gasteiger partial charge in [0.25, 0.3) is 5.91 Å². The van der Waals surface area contributed by atoms with Crippen LogP contribution in [0, 0.1) is 23.2 Å². The van der Waals surface area contributed by atoms with Gasteiger partial charge >= 0.3 is 5.97 Å². The second-order valence-corrected chi connectivity index (χ2v) is 20.3. The van der Waals surface area contributed by atoms with Crippen LogP contribution in [-0.4, -0.2) is 113 Å². The highest BCUT2D eigenvalue weighted by Gasteiger charge is 2.49. The molecule has 15 heteroatoms. The standard InChI is InChI=1S/C47H60N8O6S/c1-26-27(2)40(26)44(56)50-36-21-39-49-37(24-62-39)29-18-32-34(22-47(4,5)25-61-46(58)35-8-7-11-55(51-35)45(36)57)42(54-16-17-60-38(19-29)43(32)54)33-20-31(23-48-41(33)28(3)59-6)53-14-12-52(13-15-53)30-9-10-30/h18-20,23-24,26-28,30,35-36,40,51H,7-17,21-22,25H2,1-6H3,(H,50,56)/t26-,27+,28-,35-,36-,40?/m0/s1. The van der Waals surface area contributed by atoms with E-state index >= 15 is 0 Å². The summed E-state index contributed by atoms with van der Waals surface area (Å²) in [6.07, 6.45) is 6.36. The first kappa shape index (κ1) is 41.4. The van der Waals surface area contributed by atoms with Gasteiger partial charge < -0.3 is 29.0 Å². The molecule has 0 spiro atoms. The third-order valence-electron chi connectivity index (χ3n) is 14.4. The third-order valence-corrected chi connectivity index (χ3v) is 15.3. The van der Waals surface area contributed by atoms with Crippen molar-refractivity contribution in [2.75, 3.05) is 57.9 Å². The number of aromatic nitrogens is 3. The zero-order valence-electron chi connectivity index (χ0n) is 36.9. The highest BCUT2D eigenvalue weighted by atomic mass is 32.1. The summed E-state index contributed by atoms with van der Waals surface area (Å²) in [5.41, 5.74) is 10.6. The van der Waals surface area contributed by atoms with Gasteiger partial charge in [-0.2, -0.15) is 0 Å². The summed E-state index contributed by atoms with van der Waals surface area (Å²) in [6.45, 7) is 16.2. The van der Waals surface area contributed by atoms with Gasteiger partial charge in [0, 0.05) is 85.5 Å². The SMILES string of the molecule is CO[C@@H](C)c1ncc(N2CCN(C3CC3)CC2)cc1-c1c2c3cc(cc4c3n1CCO4)-c1csc(n1)C[C@H](NC(=O)C1[C@@H](C)[C@H]1C)C(=O)N1CCC[C@H](N1)C(=O)OCC(C)(C)C2. The van der Waals surface area contributed by atoms with Gasteiger partial charge in [-0.1, -0.05) is 27.7 Å². The lowest BCUT2D eigenvalue weighted by atomic mass is 9.84. The van der Waals surface area contributed by atoms with E-state index in [1.807, 2.05) is 11.6 Å². The molecule has 6 bridgehead atoms. The maximum atomic E-state index is 14.3. The van der Waals surface area contributed by atoms with E-state index in [0.29, 0.717) is 39.0 Å². The van der Waals surface area contributed by atoms with Crippen LogP contribution < -0.4 is 20.4 Å². The second-order valence-electron chi connectivity index (χ2n) is 19.4.